The Morgan fingerprint density at radius 3 is 2.73 bits per heavy atom. The lowest BCUT2D eigenvalue weighted by Crippen LogP contribution is -2.11. The van der Waals surface area contributed by atoms with E-state index >= 15 is 0 Å². The maximum Gasteiger partial charge on any atom is 0.251 e. The van der Waals surface area contributed by atoms with Crippen LogP contribution in [-0.2, 0) is 12.8 Å². The van der Waals surface area contributed by atoms with Gasteiger partial charge < -0.3 is 16.6 Å². The van der Waals surface area contributed by atoms with Crippen LogP contribution in [0.3, 0.4) is 0 Å². The number of aliphatic hydroxyl groups is 1. The first-order valence-electron chi connectivity index (χ1n) is 8.12. The second-order valence-corrected chi connectivity index (χ2v) is 8.01. The summed E-state index contributed by atoms with van der Waals surface area (Å²) in [6, 6.07) is 6.20. The Bertz CT molecular complexity index is 1000. The highest BCUT2D eigenvalue weighted by Crippen LogP contribution is 2.41. The molecule has 0 spiro atoms. The molecule has 0 saturated carbocycles. The Balaban J connectivity index is 2.07. The molecule has 0 atom stereocenters. The fourth-order valence-corrected chi connectivity index (χ4v) is 5.29. The number of hydrogen-bond acceptors (Lipinski definition) is 7. The molecule has 0 unspecified atom stereocenters. The first-order chi connectivity index (χ1) is 12.5. The molecular weight excluding hydrogens is 368 g/mol. The van der Waals surface area contributed by atoms with E-state index in [0.29, 0.717) is 30.6 Å². The van der Waals surface area contributed by atoms with Crippen molar-refractivity contribution in [2.75, 3.05) is 12.3 Å². The van der Waals surface area contributed by atoms with Crippen molar-refractivity contribution in [3.8, 4) is 15.8 Å². The zero-order valence-electron chi connectivity index (χ0n) is 14.0. The van der Waals surface area contributed by atoms with Gasteiger partial charge in [0.15, 0.2) is 0 Å². The normalized spacial score (nSPS) is 10.9. The van der Waals surface area contributed by atoms with E-state index in [1.54, 1.807) is 11.3 Å². The number of nitrogen functional groups attached to an aromatic ring is 1. The predicted octanol–water partition coefficient (Wildman–Crippen LogP) is 3.09. The van der Waals surface area contributed by atoms with E-state index in [9.17, 15) is 4.79 Å². The third-order valence-electron chi connectivity index (χ3n) is 4.06. The largest absolute Gasteiger partial charge is 0.396 e. The molecule has 0 fully saturated rings. The summed E-state index contributed by atoms with van der Waals surface area (Å²) in [5, 5.41) is 18.7. The third kappa shape index (κ3) is 3.55. The molecule has 5 N–H and O–H groups in total. The number of anilines is 1. The van der Waals surface area contributed by atoms with E-state index in [1.165, 1.54) is 22.4 Å². The zero-order valence-corrected chi connectivity index (χ0v) is 15.6. The summed E-state index contributed by atoms with van der Waals surface area (Å²) >= 11 is 3.12. The quantitative estimate of drug-likeness (QED) is 0.575. The minimum atomic E-state index is -0.527. The molecule has 0 aliphatic heterocycles. The van der Waals surface area contributed by atoms with Crippen molar-refractivity contribution in [3.63, 3.8) is 0 Å². The number of hydrogen-bond donors (Lipinski definition) is 3. The maximum atomic E-state index is 11.7. The summed E-state index contributed by atoms with van der Waals surface area (Å²) in [7, 11) is 0. The molecule has 0 aliphatic carbocycles. The van der Waals surface area contributed by atoms with Crippen molar-refractivity contribution in [1.29, 1.82) is 5.26 Å². The number of nitriles is 1. The number of carbonyl (C=O) groups excluding carboxylic acids is 1. The van der Waals surface area contributed by atoms with Gasteiger partial charge in [-0.15, -0.1) is 22.7 Å². The number of amides is 1. The van der Waals surface area contributed by atoms with Gasteiger partial charge in [0, 0.05) is 39.2 Å². The van der Waals surface area contributed by atoms with Gasteiger partial charge in [0.2, 0.25) is 0 Å². The Labute approximate surface area is 158 Å². The molecule has 3 heterocycles. The van der Waals surface area contributed by atoms with Crippen LogP contribution in [0.5, 0.6) is 0 Å². The summed E-state index contributed by atoms with van der Waals surface area (Å²) in [6.45, 7) is 0.137. The number of rotatable bonds is 7. The molecule has 1 amide bonds. The SMILES string of the molecule is N#CCCc1cc(-c2cc3c(N)ncc(C(N)=O)c3s2)sc1CCCO. The monoisotopic (exact) mass is 386 g/mol. The van der Waals surface area contributed by atoms with Crippen LogP contribution in [0.2, 0.25) is 0 Å². The molecule has 0 aromatic carbocycles. The van der Waals surface area contributed by atoms with E-state index < -0.39 is 5.91 Å². The fraction of sp³-hybridized carbons (Fsp3) is 0.278. The van der Waals surface area contributed by atoms with Crippen LogP contribution >= 0.6 is 22.7 Å². The van der Waals surface area contributed by atoms with Crippen molar-refractivity contribution in [1.82, 2.24) is 4.98 Å². The lowest BCUT2D eigenvalue weighted by atomic mass is 10.1. The zero-order chi connectivity index (χ0) is 18.7. The molecule has 134 valence electrons. The Hall–Kier alpha value is -2.47. The van der Waals surface area contributed by atoms with Gasteiger partial charge in [-0.3, -0.25) is 4.79 Å². The molecule has 3 aromatic rings. The number of nitrogens with two attached hydrogens (primary N) is 2. The minimum Gasteiger partial charge on any atom is -0.396 e. The Morgan fingerprint density at radius 2 is 2.04 bits per heavy atom. The third-order valence-corrected chi connectivity index (χ3v) is 6.66. The first kappa shape index (κ1) is 18.3. The highest BCUT2D eigenvalue weighted by molar-refractivity contribution is 7.26. The standard InChI is InChI=1S/C18H18N4O2S2/c19-5-1-3-10-7-14(25-13(10)4-2-6-23)15-8-11-16(26-15)12(18(21)24)9-22-17(11)20/h7-9,23H,1-4,6H2,(H2,20,22)(H2,21,24). The van der Waals surface area contributed by atoms with E-state index in [4.69, 9.17) is 21.8 Å². The van der Waals surface area contributed by atoms with Gasteiger partial charge >= 0.3 is 0 Å². The lowest BCUT2D eigenvalue weighted by Gasteiger charge is -1.99. The van der Waals surface area contributed by atoms with Gasteiger partial charge in [0.1, 0.15) is 5.82 Å². The molecule has 3 aromatic heterocycles. The second-order valence-electron chi connectivity index (χ2n) is 5.82. The maximum absolute atomic E-state index is 11.7. The van der Waals surface area contributed by atoms with Crippen LogP contribution in [0.25, 0.3) is 19.8 Å². The number of pyridine rings is 1. The molecule has 0 bridgehead atoms. The number of thiophene rings is 2. The van der Waals surface area contributed by atoms with Crippen molar-refractivity contribution in [2.24, 2.45) is 5.73 Å². The van der Waals surface area contributed by atoms with Crippen LogP contribution in [-0.4, -0.2) is 22.6 Å². The molecule has 8 heteroatoms. The van der Waals surface area contributed by atoms with Gasteiger partial charge in [0.25, 0.3) is 5.91 Å². The molecular formula is C18H18N4O2S2. The van der Waals surface area contributed by atoms with Gasteiger partial charge in [-0.2, -0.15) is 5.26 Å². The summed E-state index contributed by atoms with van der Waals surface area (Å²) in [6.07, 6.45) is 4.03. The lowest BCUT2D eigenvalue weighted by molar-refractivity contribution is 0.100. The van der Waals surface area contributed by atoms with Crippen LogP contribution in [0.1, 0.15) is 33.6 Å². The molecule has 26 heavy (non-hydrogen) atoms. The fourth-order valence-electron chi connectivity index (χ4n) is 2.78. The van der Waals surface area contributed by atoms with E-state index in [1.807, 2.05) is 6.07 Å². The summed E-state index contributed by atoms with van der Waals surface area (Å²) in [5.74, 6) is -0.158. The van der Waals surface area contributed by atoms with Crippen molar-refractivity contribution < 1.29 is 9.90 Å². The van der Waals surface area contributed by atoms with E-state index in [0.717, 1.165) is 31.8 Å². The van der Waals surface area contributed by atoms with Gasteiger partial charge in [0.05, 0.1) is 16.3 Å². The molecule has 0 radical (unpaired) electrons. The molecule has 0 saturated heterocycles. The minimum absolute atomic E-state index is 0.137. The van der Waals surface area contributed by atoms with E-state index in [-0.39, 0.29) is 6.61 Å². The van der Waals surface area contributed by atoms with Crippen molar-refractivity contribution in [3.05, 3.63) is 34.3 Å². The molecule has 3 rings (SSSR count). The Kier molecular flexibility index (Phi) is 5.52. The topological polar surface area (TPSA) is 126 Å². The number of nitrogens with zero attached hydrogens (tertiary/aromatic N) is 2. The average molecular weight is 387 g/mol. The average Bonchev–Trinajstić information content (AvgIpc) is 3.22. The highest BCUT2D eigenvalue weighted by Gasteiger charge is 2.17. The number of carbonyl (C=O) groups is 1. The second kappa shape index (κ2) is 7.83. The summed E-state index contributed by atoms with van der Waals surface area (Å²) < 4.78 is 0.740. The Morgan fingerprint density at radius 1 is 1.27 bits per heavy atom. The highest BCUT2D eigenvalue weighted by atomic mass is 32.1. The number of aliphatic hydroxyl groups excluding tert-OH is 1. The van der Waals surface area contributed by atoms with Gasteiger partial charge in [-0.05, 0) is 37.0 Å². The van der Waals surface area contributed by atoms with Crippen LogP contribution in [0, 0.1) is 11.3 Å². The molecule has 0 aliphatic rings. The number of aryl methyl sites for hydroxylation is 2. The summed E-state index contributed by atoms with van der Waals surface area (Å²) in [5.41, 5.74) is 12.9. The summed E-state index contributed by atoms with van der Waals surface area (Å²) in [4.78, 5) is 19.0. The van der Waals surface area contributed by atoms with Gasteiger partial charge in [-0.25, -0.2) is 4.98 Å². The van der Waals surface area contributed by atoms with Crippen molar-refractivity contribution >= 4 is 44.5 Å². The number of primary amides is 1. The first-order valence-corrected chi connectivity index (χ1v) is 9.76. The number of fused-ring (bicyclic) bond motifs is 1. The van der Waals surface area contributed by atoms with Crippen LogP contribution in [0.4, 0.5) is 5.82 Å². The van der Waals surface area contributed by atoms with Gasteiger partial charge in [-0.1, -0.05) is 0 Å². The molecule has 6 nitrogen and oxygen atoms in total. The van der Waals surface area contributed by atoms with E-state index in [2.05, 4.69) is 17.1 Å². The smallest absolute Gasteiger partial charge is 0.251 e. The predicted molar refractivity (Wildman–Crippen MR) is 105 cm³/mol. The van der Waals surface area contributed by atoms with Crippen LogP contribution in [0.15, 0.2) is 18.3 Å². The number of aromatic nitrogens is 1. The van der Waals surface area contributed by atoms with Crippen molar-refractivity contribution in [2.45, 2.75) is 25.7 Å². The van der Waals surface area contributed by atoms with Crippen LogP contribution < -0.4 is 11.5 Å².